The number of esters is 1. The van der Waals surface area contributed by atoms with Crippen molar-refractivity contribution in [2.75, 3.05) is 12.0 Å². The maximum absolute atomic E-state index is 12.4. The second-order valence-electron chi connectivity index (χ2n) is 5.33. The second kappa shape index (κ2) is 8.31. The molecule has 1 unspecified atom stereocenters. The molecule has 2 aromatic rings. The number of amides is 1. The summed E-state index contributed by atoms with van der Waals surface area (Å²) in [6, 6.07) is 4.69. The van der Waals surface area contributed by atoms with Crippen molar-refractivity contribution in [3.63, 3.8) is 0 Å². The molecule has 0 aliphatic heterocycles. The van der Waals surface area contributed by atoms with Crippen molar-refractivity contribution in [2.45, 2.75) is 32.4 Å². The molecule has 1 N–H and O–H groups in total. The van der Waals surface area contributed by atoms with E-state index in [-0.39, 0.29) is 18.0 Å². The Kier molecular flexibility index (Phi) is 6.41. The third-order valence-corrected chi connectivity index (χ3v) is 4.58. The third-order valence-electron chi connectivity index (χ3n) is 3.15. The fourth-order valence-corrected chi connectivity index (χ4v) is 3.22. The van der Waals surface area contributed by atoms with E-state index >= 15 is 0 Å². The fourth-order valence-electron chi connectivity index (χ4n) is 2.04. The van der Waals surface area contributed by atoms with E-state index in [9.17, 15) is 9.59 Å². The Morgan fingerprint density at radius 2 is 2.17 bits per heavy atom. The molecule has 1 atom stereocenters. The summed E-state index contributed by atoms with van der Waals surface area (Å²) in [7, 11) is 0. The van der Waals surface area contributed by atoms with Gasteiger partial charge in [0.15, 0.2) is 0 Å². The number of hydrogen-bond acceptors (Lipinski definition) is 6. The molecule has 0 bridgehead atoms. The summed E-state index contributed by atoms with van der Waals surface area (Å²) in [5.41, 5.74) is 3.13. The molecule has 1 aromatic heterocycles. The highest BCUT2D eigenvalue weighted by atomic mass is 32.2. The van der Waals surface area contributed by atoms with Crippen molar-refractivity contribution < 1.29 is 14.3 Å². The van der Waals surface area contributed by atoms with Crippen LogP contribution >= 0.6 is 23.1 Å². The molecule has 7 heteroatoms. The minimum atomic E-state index is -0.630. The zero-order valence-corrected chi connectivity index (χ0v) is 15.0. The molecule has 1 aromatic carbocycles. The van der Waals surface area contributed by atoms with Gasteiger partial charge in [0.05, 0.1) is 21.8 Å². The third kappa shape index (κ3) is 4.94. The van der Waals surface area contributed by atoms with Crippen LogP contribution in [0.2, 0.25) is 0 Å². The summed E-state index contributed by atoms with van der Waals surface area (Å²) < 4.78 is 6.18. The van der Waals surface area contributed by atoms with Crippen LogP contribution in [0, 0.1) is 0 Å². The molecule has 0 saturated heterocycles. The van der Waals surface area contributed by atoms with E-state index < -0.39 is 6.04 Å². The average Bonchev–Trinajstić information content (AvgIpc) is 2.97. The smallest absolute Gasteiger partial charge is 0.328 e. The van der Waals surface area contributed by atoms with Crippen LogP contribution in [0.3, 0.4) is 0 Å². The lowest BCUT2D eigenvalue weighted by atomic mass is 10.1. The molecular weight excluding hydrogens is 332 g/mol. The highest BCUT2D eigenvalue weighted by Gasteiger charge is 2.23. The largest absolute Gasteiger partial charge is 0.461 e. The van der Waals surface area contributed by atoms with E-state index in [1.165, 1.54) is 11.3 Å². The Hall–Kier alpha value is -1.60. The molecule has 2 rings (SSSR count). The quantitative estimate of drug-likeness (QED) is 0.776. The lowest BCUT2D eigenvalue weighted by Crippen LogP contribution is -2.43. The van der Waals surface area contributed by atoms with Gasteiger partial charge in [0.1, 0.15) is 6.04 Å². The first-order valence-corrected chi connectivity index (χ1v) is 9.62. The predicted octanol–water partition coefficient (Wildman–Crippen LogP) is 3.10. The van der Waals surface area contributed by atoms with Gasteiger partial charge in [0.2, 0.25) is 0 Å². The molecule has 124 valence electrons. The van der Waals surface area contributed by atoms with Crippen molar-refractivity contribution in [1.29, 1.82) is 0 Å². The molecule has 1 heterocycles. The predicted molar refractivity (Wildman–Crippen MR) is 95.1 cm³/mol. The first kappa shape index (κ1) is 17.7. The lowest BCUT2D eigenvalue weighted by molar-refractivity contribution is -0.149. The van der Waals surface area contributed by atoms with Crippen LogP contribution < -0.4 is 5.32 Å². The molecule has 0 fully saturated rings. The molecule has 0 spiro atoms. The number of rotatable bonds is 7. The minimum absolute atomic E-state index is 0.204. The van der Waals surface area contributed by atoms with Crippen LogP contribution in [0.15, 0.2) is 23.7 Å². The van der Waals surface area contributed by atoms with Crippen molar-refractivity contribution in [3.05, 3.63) is 29.3 Å². The summed E-state index contributed by atoms with van der Waals surface area (Å²) in [4.78, 5) is 28.8. The average molecular weight is 352 g/mol. The van der Waals surface area contributed by atoms with Crippen LogP contribution in [-0.2, 0) is 9.53 Å². The van der Waals surface area contributed by atoms with Crippen molar-refractivity contribution in [2.24, 2.45) is 0 Å². The number of benzene rings is 1. The standard InChI is InChI=1S/C16H20N2O3S2/c1-10(2)21-16(20)13(6-7-22-3)18-15(19)11-4-5-12-14(8-11)23-9-17-12/h4-5,8-10,13H,6-7H2,1-3H3,(H,18,19). The molecule has 0 saturated carbocycles. The number of carbonyl (C=O) groups is 2. The van der Waals surface area contributed by atoms with Crippen LogP contribution in [0.25, 0.3) is 10.2 Å². The maximum Gasteiger partial charge on any atom is 0.328 e. The van der Waals surface area contributed by atoms with E-state index in [0.29, 0.717) is 12.0 Å². The fraction of sp³-hybridized carbons (Fsp3) is 0.438. The monoisotopic (exact) mass is 352 g/mol. The Morgan fingerprint density at radius 1 is 1.39 bits per heavy atom. The highest BCUT2D eigenvalue weighted by Crippen LogP contribution is 2.19. The number of fused-ring (bicyclic) bond motifs is 1. The number of hydrogen-bond donors (Lipinski definition) is 1. The van der Waals surface area contributed by atoms with E-state index in [0.717, 1.165) is 16.0 Å². The normalized spacial score (nSPS) is 12.3. The van der Waals surface area contributed by atoms with Crippen molar-refractivity contribution in [3.8, 4) is 0 Å². The Morgan fingerprint density at radius 3 is 2.87 bits per heavy atom. The van der Waals surface area contributed by atoms with Crippen LogP contribution in [-0.4, -0.2) is 41.0 Å². The van der Waals surface area contributed by atoms with Gasteiger partial charge in [0, 0.05) is 5.56 Å². The highest BCUT2D eigenvalue weighted by molar-refractivity contribution is 7.98. The summed E-state index contributed by atoms with van der Waals surface area (Å²) in [5, 5.41) is 2.79. The van der Waals surface area contributed by atoms with Gasteiger partial charge in [-0.25, -0.2) is 9.78 Å². The molecule has 0 aliphatic rings. The number of carbonyl (C=O) groups excluding carboxylic acids is 2. The first-order valence-electron chi connectivity index (χ1n) is 7.34. The van der Waals surface area contributed by atoms with Crippen molar-refractivity contribution in [1.82, 2.24) is 10.3 Å². The second-order valence-corrected chi connectivity index (χ2v) is 7.20. The molecule has 0 aliphatic carbocycles. The number of nitrogens with one attached hydrogen (secondary N) is 1. The topological polar surface area (TPSA) is 68.3 Å². The summed E-state index contributed by atoms with van der Waals surface area (Å²) in [6.45, 7) is 3.59. The Balaban J connectivity index is 2.10. The zero-order valence-electron chi connectivity index (χ0n) is 13.4. The van der Waals surface area contributed by atoms with E-state index in [1.807, 2.05) is 12.3 Å². The van der Waals surface area contributed by atoms with Crippen LogP contribution in [0.5, 0.6) is 0 Å². The summed E-state index contributed by atoms with van der Waals surface area (Å²) >= 11 is 3.11. The summed E-state index contributed by atoms with van der Waals surface area (Å²) in [6.07, 6.45) is 2.30. The molecule has 23 heavy (non-hydrogen) atoms. The zero-order chi connectivity index (χ0) is 16.8. The number of thioether (sulfide) groups is 1. The first-order chi connectivity index (χ1) is 11.0. The maximum atomic E-state index is 12.4. The minimum Gasteiger partial charge on any atom is -0.461 e. The summed E-state index contributed by atoms with van der Waals surface area (Å²) in [5.74, 6) is 0.111. The van der Waals surface area contributed by atoms with Gasteiger partial charge in [-0.15, -0.1) is 11.3 Å². The van der Waals surface area contributed by atoms with Crippen LogP contribution in [0.1, 0.15) is 30.6 Å². The van der Waals surface area contributed by atoms with Gasteiger partial charge >= 0.3 is 5.97 Å². The number of ether oxygens (including phenoxy) is 1. The Labute approximate surface area is 143 Å². The molecular formula is C16H20N2O3S2. The van der Waals surface area contributed by atoms with Gasteiger partial charge in [0.25, 0.3) is 5.91 Å². The molecule has 1 amide bonds. The van der Waals surface area contributed by atoms with E-state index in [2.05, 4.69) is 10.3 Å². The van der Waals surface area contributed by atoms with Gasteiger partial charge in [-0.05, 0) is 50.5 Å². The Bertz CT molecular complexity index is 685. The SMILES string of the molecule is CSCCC(NC(=O)c1ccc2ncsc2c1)C(=O)OC(C)C. The van der Waals surface area contributed by atoms with E-state index in [1.54, 1.807) is 43.3 Å². The molecule has 0 radical (unpaired) electrons. The van der Waals surface area contributed by atoms with Crippen molar-refractivity contribution >= 4 is 45.2 Å². The van der Waals surface area contributed by atoms with Gasteiger partial charge in [-0.3, -0.25) is 4.79 Å². The lowest BCUT2D eigenvalue weighted by Gasteiger charge is -2.19. The van der Waals surface area contributed by atoms with Gasteiger partial charge in [-0.2, -0.15) is 11.8 Å². The number of nitrogens with zero attached hydrogens (tertiary/aromatic N) is 1. The van der Waals surface area contributed by atoms with Gasteiger partial charge in [-0.1, -0.05) is 0 Å². The molecule has 5 nitrogen and oxygen atoms in total. The van der Waals surface area contributed by atoms with E-state index in [4.69, 9.17) is 4.74 Å². The van der Waals surface area contributed by atoms with Gasteiger partial charge < -0.3 is 10.1 Å². The number of aromatic nitrogens is 1. The number of thiazole rings is 1. The van der Waals surface area contributed by atoms with Crippen LogP contribution in [0.4, 0.5) is 0 Å².